The summed E-state index contributed by atoms with van der Waals surface area (Å²) in [6, 6.07) is -1.07. The molecule has 0 fully saturated rings. The second-order valence-corrected chi connectivity index (χ2v) is 12.6. The predicted octanol–water partition coefficient (Wildman–Crippen LogP) is 8.45. The standard InChI is InChI=1S/C32H61NO5S/c1-3-5-7-9-11-13-15-16-18-19-21-23-25-27-31(34)30(29-39(36,37)38)33-32(35)28-26-24-22-20-17-14-12-10-8-6-4-2/h18-19,25,27,30-31,34H,3-17,20-24,26,28-29H2,1-2H3,(H,33,35)(H,36,37,38)/b19-18+,27-25+. The predicted molar refractivity (Wildman–Crippen MR) is 166 cm³/mol. The zero-order valence-electron chi connectivity index (χ0n) is 25.3. The third-order valence-electron chi connectivity index (χ3n) is 7.13. The van der Waals surface area contributed by atoms with E-state index in [0.29, 0.717) is 6.42 Å². The highest BCUT2D eigenvalue weighted by molar-refractivity contribution is 7.85. The van der Waals surface area contributed by atoms with Gasteiger partial charge >= 0.3 is 0 Å². The van der Waals surface area contributed by atoms with E-state index in [0.717, 1.165) is 38.5 Å². The molecule has 39 heavy (non-hydrogen) atoms. The number of carbonyl (C=O) groups is 1. The summed E-state index contributed by atoms with van der Waals surface area (Å²) in [5.41, 5.74) is 0. The maximum Gasteiger partial charge on any atom is 0.267 e. The molecule has 230 valence electrons. The van der Waals surface area contributed by atoms with Crippen LogP contribution in [0.2, 0.25) is 0 Å². The minimum atomic E-state index is -4.34. The van der Waals surface area contributed by atoms with E-state index in [-0.39, 0.29) is 5.91 Å². The minimum absolute atomic E-state index is 0.291. The van der Waals surface area contributed by atoms with Gasteiger partial charge in [0.2, 0.25) is 5.91 Å². The van der Waals surface area contributed by atoms with Crippen LogP contribution in [-0.4, -0.2) is 41.9 Å². The third kappa shape index (κ3) is 28.2. The summed E-state index contributed by atoms with van der Waals surface area (Å²) in [6.45, 7) is 4.46. The molecule has 0 aliphatic heterocycles. The molecule has 0 spiro atoms. The fraction of sp³-hybridized carbons (Fsp3) is 0.844. The number of nitrogens with one attached hydrogen (secondary N) is 1. The van der Waals surface area contributed by atoms with Gasteiger partial charge in [-0.3, -0.25) is 9.35 Å². The molecule has 0 saturated carbocycles. The molecule has 2 atom stereocenters. The molecular formula is C32H61NO5S. The molecule has 1 amide bonds. The molecule has 0 aromatic carbocycles. The van der Waals surface area contributed by atoms with Gasteiger partial charge in [0.1, 0.15) is 0 Å². The summed E-state index contributed by atoms with van der Waals surface area (Å²) in [5.74, 6) is -0.999. The maximum absolute atomic E-state index is 12.4. The fourth-order valence-corrected chi connectivity index (χ4v) is 5.43. The lowest BCUT2D eigenvalue weighted by atomic mass is 10.0. The van der Waals surface area contributed by atoms with Gasteiger partial charge in [-0.25, -0.2) is 0 Å². The van der Waals surface area contributed by atoms with Gasteiger partial charge in [-0.15, -0.1) is 0 Å². The van der Waals surface area contributed by atoms with Crippen LogP contribution in [0.1, 0.15) is 155 Å². The molecule has 0 aromatic heterocycles. The number of hydrogen-bond acceptors (Lipinski definition) is 4. The first kappa shape index (κ1) is 37.8. The zero-order valence-corrected chi connectivity index (χ0v) is 26.1. The molecular weight excluding hydrogens is 510 g/mol. The van der Waals surface area contributed by atoms with Crippen molar-refractivity contribution in [3.63, 3.8) is 0 Å². The first-order chi connectivity index (χ1) is 18.8. The van der Waals surface area contributed by atoms with Crippen molar-refractivity contribution < 1.29 is 22.9 Å². The van der Waals surface area contributed by atoms with Gasteiger partial charge < -0.3 is 10.4 Å². The number of aliphatic hydroxyl groups is 1. The van der Waals surface area contributed by atoms with Crippen LogP contribution in [0.4, 0.5) is 0 Å². The summed E-state index contributed by atoms with van der Waals surface area (Å²) < 4.78 is 32.2. The van der Waals surface area contributed by atoms with Gasteiger partial charge in [0, 0.05) is 6.42 Å². The van der Waals surface area contributed by atoms with E-state index in [9.17, 15) is 22.9 Å². The highest BCUT2D eigenvalue weighted by Gasteiger charge is 2.24. The second-order valence-electron chi connectivity index (χ2n) is 11.1. The fourth-order valence-electron chi connectivity index (χ4n) is 4.70. The molecule has 0 aliphatic rings. The summed E-state index contributed by atoms with van der Waals surface area (Å²) in [7, 11) is -4.34. The molecule has 7 heteroatoms. The van der Waals surface area contributed by atoms with Crippen molar-refractivity contribution in [3.8, 4) is 0 Å². The first-order valence-electron chi connectivity index (χ1n) is 16.0. The van der Waals surface area contributed by atoms with E-state index in [1.165, 1.54) is 102 Å². The molecule has 0 heterocycles. The number of amides is 1. The summed E-state index contributed by atoms with van der Waals surface area (Å²) in [5, 5.41) is 13.1. The smallest absolute Gasteiger partial charge is 0.267 e. The molecule has 6 nitrogen and oxygen atoms in total. The Morgan fingerprint density at radius 2 is 1.10 bits per heavy atom. The zero-order chi connectivity index (χ0) is 29.0. The van der Waals surface area contributed by atoms with Crippen molar-refractivity contribution in [2.45, 2.75) is 167 Å². The Morgan fingerprint density at radius 1 is 0.667 bits per heavy atom. The molecule has 3 N–H and O–H groups in total. The van der Waals surface area contributed by atoms with E-state index in [2.05, 4.69) is 31.3 Å². The molecule has 0 radical (unpaired) electrons. The Hall–Kier alpha value is -1.18. The second kappa shape index (κ2) is 27.0. The van der Waals surface area contributed by atoms with Crippen molar-refractivity contribution in [2.75, 3.05) is 5.75 Å². The molecule has 0 rings (SSSR count). The van der Waals surface area contributed by atoms with E-state index < -0.39 is 28.0 Å². The van der Waals surface area contributed by atoms with Gasteiger partial charge in [-0.2, -0.15) is 8.42 Å². The van der Waals surface area contributed by atoms with Crippen molar-refractivity contribution in [2.24, 2.45) is 0 Å². The van der Waals surface area contributed by atoms with Crippen LogP contribution >= 0.6 is 0 Å². The lowest BCUT2D eigenvalue weighted by molar-refractivity contribution is -0.122. The van der Waals surface area contributed by atoms with E-state index >= 15 is 0 Å². The summed E-state index contributed by atoms with van der Waals surface area (Å²) in [4.78, 5) is 12.4. The highest BCUT2D eigenvalue weighted by Crippen LogP contribution is 2.13. The molecule has 2 unspecified atom stereocenters. The minimum Gasteiger partial charge on any atom is -0.387 e. The van der Waals surface area contributed by atoms with Crippen LogP contribution in [0.5, 0.6) is 0 Å². The quantitative estimate of drug-likeness (QED) is 0.0496. The monoisotopic (exact) mass is 571 g/mol. The highest BCUT2D eigenvalue weighted by atomic mass is 32.2. The SMILES string of the molecule is CCCCCCCCC/C=C/CC/C=C/C(O)C(CS(=O)(=O)O)NC(=O)CCCCCCCCCCCCC. The average molecular weight is 572 g/mol. The van der Waals surface area contributed by atoms with Gasteiger partial charge in [-0.1, -0.05) is 141 Å². The van der Waals surface area contributed by atoms with Crippen molar-refractivity contribution in [3.05, 3.63) is 24.3 Å². The van der Waals surface area contributed by atoms with Crippen LogP contribution in [-0.2, 0) is 14.9 Å². The van der Waals surface area contributed by atoms with E-state index in [1.54, 1.807) is 6.08 Å². The number of unbranched alkanes of at least 4 members (excludes halogenated alkanes) is 18. The van der Waals surface area contributed by atoms with Crippen LogP contribution in [0, 0.1) is 0 Å². The summed E-state index contributed by atoms with van der Waals surface area (Å²) >= 11 is 0. The molecule has 0 saturated heterocycles. The molecule has 0 bridgehead atoms. The van der Waals surface area contributed by atoms with Crippen LogP contribution in [0.25, 0.3) is 0 Å². The van der Waals surface area contributed by atoms with Crippen molar-refractivity contribution >= 4 is 16.0 Å². The van der Waals surface area contributed by atoms with E-state index in [4.69, 9.17) is 0 Å². The normalized spacial score (nSPS) is 13.8. The number of rotatable bonds is 28. The number of allylic oxidation sites excluding steroid dienone is 3. The van der Waals surface area contributed by atoms with Crippen molar-refractivity contribution in [1.29, 1.82) is 0 Å². The molecule has 0 aromatic rings. The average Bonchev–Trinajstić information content (AvgIpc) is 2.88. The lowest BCUT2D eigenvalue weighted by Crippen LogP contribution is -2.46. The van der Waals surface area contributed by atoms with Gasteiger partial charge in [0.05, 0.1) is 17.9 Å². The van der Waals surface area contributed by atoms with Gasteiger partial charge in [0.15, 0.2) is 0 Å². The largest absolute Gasteiger partial charge is 0.387 e. The molecule has 0 aliphatic carbocycles. The third-order valence-corrected chi connectivity index (χ3v) is 7.91. The number of hydrogen-bond donors (Lipinski definition) is 3. The van der Waals surface area contributed by atoms with Gasteiger partial charge in [-0.05, 0) is 32.1 Å². The van der Waals surface area contributed by atoms with Crippen LogP contribution in [0.15, 0.2) is 24.3 Å². The Labute approximate surface area is 241 Å². The maximum atomic E-state index is 12.4. The topological polar surface area (TPSA) is 104 Å². The van der Waals surface area contributed by atoms with Gasteiger partial charge in [0.25, 0.3) is 10.1 Å². The van der Waals surface area contributed by atoms with E-state index in [1.807, 2.05) is 0 Å². The Morgan fingerprint density at radius 3 is 1.62 bits per heavy atom. The Balaban J connectivity index is 4.13. The number of carbonyl (C=O) groups excluding carboxylic acids is 1. The summed E-state index contributed by atoms with van der Waals surface area (Å²) in [6.07, 6.45) is 31.6. The van der Waals surface area contributed by atoms with Crippen molar-refractivity contribution in [1.82, 2.24) is 5.32 Å². The van der Waals surface area contributed by atoms with Crippen LogP contribution < -0.4 is 5.32 Å². The van der Waals surface area contributed by atoms with Crippen LogP contribution in [0.3, 0.4) is 0 Å². The Kier molecular flexibility index (Phi) is 26.2. The Bertz CT molecular complexity index is 720. The first-order valence-corrected chi connectivity index (χ1v) is 17.6. The number of aliphatic hydroxyl groups excluding tert-OH is 1. The lowest BCUT2D eigenvalue weighted by Gasteiger charge is -2.21.